The molecule has 1 heterocycles. The molecule has 1 fully saturated rings. The smallest absolute Gasteiger partial charge is 0.379 e. The van der Waals surface area contributed by atoms with Gasteiger partial charge in [0.25, 0.3) is 0 Å². The summed E-state index contributed by atoms with van der Waals surface area (Å²) in [5, 5.41) is 11.7. The van der Waals surface area contributed by atoms with E-state index in [1.807, 2.05) is 0 Å². The van der Waals surface area contributed by atoms with Gasteiger partial charge in [0.1, 0.15) is 0 Å². The third-order valence-corrected chi connectivity index (χ3v) is 2.16. The van der Waals surface area contributed by atoms with Crippen molar-refractivity contribution in [3.05, 3.63) is 0 Å². The molecule has 66 valence electrons. The fourth-order valence-corrected chi connectivity index (χ4v) is 1.25. The molecule has 0 spiro atoms. The molecule has 1 aliphatic rings. The number of hydrogen-bond donors (Lipinski definition) is 2. The van der Waals surface area contributed by atoms with Gasteiger partial charge in [0.2, 0.25) is 0 Å². The summed E-state index contributed by atoms with van der Waals surface area (Å²) in [5.74, 6) is 0. The second-order valence-electron chi connectivity index (χ2n) is 2.85. The average Bonchev–Trinajstić information content (AvgIpc) is 2.12. The second-order valence-corrected chi connectivity index (χ2v) is 2.85. The van der Waals surface area contributed by atoms with Crippen LogP contribution >= 0.6 is 0 Å². The quantitative estimate of drug-likeness (QED) is 0.558. The Bertz CT molecular complexity index is 158. The summed E-state index contributed by atoms with van der Waals surface area (Å²) in [5.41, 5.74) is -2.52. The molecular formula is C6H10F3NO. The lowest BCUT2D eigenvalue weighted by molar-refractivity contribution is -0.261. The first-order valence-corrected chi connectivity index (χ1v) is 3.40. The summed E-state index contributed by atoms with van der Waals surface area (Å²) in [6, 6.07) is -0.900. The Morgan fingerprint density at radius 1 is 1.55 bits per heavy atom. The number of aliphatic hydroxyl groups is 1. The summed E-state index contributed by atoms with van der Waals surface area (Å²) in [6.07, 6.45) is -4.77. The lowest BCUT2D eigenvalue weighted by atomic mass is 9.96. The highest BCUT2D eigenvalue weighted by Gasteiger charge is 2.58. The highest BCUT2D eigenvalue weighted by Crippen LogP contribution is 2.38. The standard InChI is InChI=1S/C6H10F3NO/c1-4-5(11,2-3-10-4)6(7,8)9/h4,10-11H,2-3H2,1H3. The maximum absolute atomic E-state index is 12.1. The van der Waals surface area contributed by atoms with E-state index in [0.29, 0.717) is 0 Å². The van der Waals surface area contributed by atoms with Gasteiger partial charge >= 0.3 is 6.18 Å². The Morgan fingerprint density at radius 2 is 2.09 bits per heavy atom. The van der Waals surface area contributed by atoms with E-state index in [2.05, 4.69) is 5.32 Å². The first kappa shape index (κ1) is 8.80. The summed E-state index contributed by atoms with van der Waals surface area (Å²) in [7, 11) is 0. The Balaban J connectivity index is 2.81. The summed E-state index contributed by atoms with van der Waals surface area (Å²) >= 11 is 0. The van der Waals surface area contributed by atoms with Crippen molar-refractivity contribution < 1.29 is 18.3 Å². The first-order chi connectivity index (χ1) is 4.88. The molecule has 0 aromatic rings. The van der Waals surface area contributed by atoms with E-state index in [4.69, 9.17) is 5.11 Å². The molecule has 2 atom stereocenters. The molecule has 0 amide bonds. The molecule has 0 aromatic carbocycles. The van der Waals surface area contributed by atoms with Gasteiger partial charge in [-0.05, 0) is 19.9 Å². The molecule has 0 aromatic heterocycles. The monoisotopic (exact) mass is 169 g/mol. The van der Waals surface area contributed by atoms with Crippen molar-refractivity contribution in [2.45, 2.75) is 31.2 Å². The third kappa shape index (κ3) is 1.22. The Hall–Kier alpha value is -0.290. The molecule has 2 N–H and O–H groups in total. The molecule has 2 nitrogen and oxygen atoms in total. The molecule has 1 saturated heterocycles. The maximum atomic E-state index is 12.1. The number of hydrogen-bond acceptors (Lipinski definition) is 2. The van der Waals surface area contributed by atoms with E-state index < -0.39 is 17.8 Å². The highest BCUT2D eigenvalue weighted by molar-refractivity contribution is 5.00. The molecule has 0 saturated carbocycles. The van der Waals surface area contributed by atoms with Crippen LogP contribution in [0.1, 0.15) is 13.3 Å². The van der Waals surface area contributed by atoms with Crippen LogP contribution in [0.15, 0.2) is 0 Å². The molecule has 11 heavy (non-hydrogen) atoms. The first-order valence-electron chi connectivity index (χ1n) is 3.40. The van der Waals surface area contributed by atoms with E-state index >= 15 is 0 Å². The highest BCUT2D eigenvalue weighted by atomic mass is 19.4. The van der Waals surface area contributed by atoms with Gasteiger partial charge in [-0.25, -0.2) is 0 Å². The minimum Gasteiger partial charge on any atom is -0.379 e. The Kier molecular flexibility index (Phi) is 1.88. The zero-order valence-electron chi connectivity index (χ0n) is 6.07. The predicted octanol–water partition coefficient (Wildman–Crippen LogP) is 0.662. The SMILES string of the molecule is CC1NCCC1(O)C(F)(F)F. The van der Waals surface area contributed by atoms with Crippen LogP contribution in [0.4, 0.5) is 13.2 Å². The van der Waals surface area contributed by atoms with Gasteiger partial charge in [-0.1, -0.05) is 0 Å². The van der Waals surface area contributed by atoms with Crippen molar-refractivity contribution in [1.82, 2.24) is 5.32 Å². The minimum absolute atomic E-state index is 0.219. The maximum Gasteiger partial charge on any atom is 0.418 e. The predicted molar refractivity (Wildman–Crippen MR) is 33.1 cm³/mol. The van der Waals surface area contributed by atoms with E-state index in [9.17, 15) is 13.2 Å². The van der Waals surface area contributed by atoms with Gasteiger partial charge in [-0.15, -0.1) is 0 Å². The van der Waals surface area contributed by atoms with Crippen LogP contribution in [0.25, 0.3) is 0 Å². The van der Waals surface area contributed by atoms with Crippen LogP contribution in [-0.2, 0) is 0 Å². The van der Waals surface area contributed by atoms with Crippen molar-refractivity contribution in [1.29, 1.82) is 0 Å². The van der Waals surface area contributed by atoms with Gasteiger partial charge in [-0.2, -0.15) is 13.2 Å². The number of rotatable bonds is 0. The topological polar surface area (TPSA) is 32.3 Å². The Morgan fingerprint density at radius 3 is 2.27 bits per heavy atom. The van der Waals surface area contributed by atoms with E-state index in [0.717, 1.165) is 0 Å². The van der Waals surface area contributed by atoms with Crippen LogP contribution in [-0.4, -0.2) is 29.5 Å². The molecular weight excluding hydrogens is 159 g/mol. The van der Waals surface area contributed by atoms with Gasteiger partial charge in [0.15, 0.2) is 5.60 Å². The fourth-order valence-electron chi connectivity index (χ4n) is 1.25. The molecule has 0 aliphatic carbocycles. The van der Waals surface area contributed by atoms with Crippen LogP contribution in [0, 0.1) is 0 Å². The molecule has 0 radical (unpaired) electrons. The van der Waals surface area contributed by atoms with Crippen molar-refractivity contribution in [3.8, 4) is 0 Å². The van der Waals surface area contributed by atoms with Crippen molar-refractivity contribution >= 4 is 0 Å². The molecule has 5 heteroatoms. The molecule has 0 bridgehead atoms. The largest absolute Gasteiger partial charge is 0.418 e. The normalized spacial score (nSPS) is 39.5. The van der Waals surface area contributed by atoms with Crippen LogP contribution in [0.2, 0.25) is 0 Å². The average molecular weight is 169 g/mol. The lowest BCUT2D eigenvalue weighted by Gasteiger charge is -2.29. The molecule has 1 aliphatic heterocycles. The number of alkyl halides is 3. The molecule has 2 unspecified atom stereocenters. The third-order valence-electron chi connectivity index (χ3n) is 2.16. The number of nitrogens with one attached hydrogen (secondary N) is 1. The van der Waals surface area contributed by atoms with Crippen molar-refractivity contribution in [3.63, 3.8) is 0 Å². The summed E-state index contributed by atoms with van der Waals surface area (Å²) in [6.45, 7) is 1.55. The Labute approximate surface area is 62.4 Å². The second kappa shape index (κ2) is 2.35. The van der Waals surface area contributed by atoms with Gasteiger partial charge in [0.05, 0.1) is 0 Å². The van der Waals surface area contributed by atoms with Crippen LogP contribution < -0.4 is 5.32 Å². The minimum atomic E-state index is -4.52. The fraction of sp³-hybridized carbons (Fsp3) is 1.00. The van der Waals surface area contributed by atoms with Crippen molar-refractivity contribution in [2.75, 3.05) is 6.54 Å². The summed E-state index contributed by atoms with van der Waals surface area (Å²) in [4.78, 5) is 0. The van der Waals surface area contributed by atoms with E-state index in [1.165, 1.54) is 6.92 Å². The van der Waals surface area contributed by atoms with E-state index in [-0.39, 0.29) is 13.0 Å². The van der Waals surface area contributed by atoms with Crippen LogP contribution in [0.5, 0.6) is 0 Å². The summed E-state index contributed by atoms with van der Waals surface area (Å²) < 4.78 is 36.3. The van der Waals surface area contributed by atoms with E-state index in [1.54, 1.807) is 0 Å². The van der Waals surface area contributed by atoms with Gasteiger partial charge < -0.3 is 10.4 Å². The number of halogens is 3. The zero-order chi connectivity index (χ0) is 8.70. The zero-order valence-corrected chi connectivity index (χ0v) is 6.07. The van der Waals surface area contributed by atoms with Gasteiger partial charge in [-0.3, -0.25) is 0 Å². The molecule has 1 rings (SSSR count). The van der Waals surface area contributed by atoms with Crippen LogP contribution in [0.3, 0.4) is 0 Å². The van der Waals surface area contributed by atoms with Crippen molar-refractivity contribution in [2.24, 2.45) is 0 Å². The lowest BCUT2D eigenvalue weighted by Crippen LogP contribution is -2.52. The van der Waals surface area contributed by atoms with Gasteiger partial charge in [0, 0.05) is 6.04 Å².